The molecule has 2 saturated heterocycles. The molecule has 2 unspecified atom stereocenters. The van der Waals surface area contributed by atoms with Crippen molar-refractivity contribution in [2.75, 3.05) is 44.4 Å². The summed E-state index contributed by atoms with van der Waals surface area (Å²) in [6.45, 7) is 8.20. The van der Waals surface area contributed by atoms with Crippen molar-refractivity contribution >= 4 is 22.7 Å². The fraction of sp³-hybridized carbons (Fsp3) is 0.462. The number of hydrogen-bond acceptors (Lipinski definition) is 7. The number of piperazine rings is 1. The molecule has 3 aliphatic rings. The summed E-state index contributed by atoms with van der Waals surface area (Å²) in [5, 5.41) is 9.49. The molecule has 2 atom stereocenters. The Bertz CT molecular complexity index is 1250. The minimum Gasteiger partial charge on any atom is -0.486 e. The van der Waals surface area contributed by atoms with Crippen molar-refractivity contribution in [2.24, 2.45) is 0 Å². The molecule has 0 bridgehead atoms. The molecule has 3 aliphatic heterocycles. The molecule has 9 nitrogen and oxygen atoms in total. The average molecular weight is 479 g/mol. The predicted octanol–water partition coefficient (Wildman–Crippen LogP) is 3.01. The quantitative estimate of drug-likeness (QED) is 0.579. The molecule has 0 saturated carbocycles. The lowest BCUT2D eigenvalue weighted by molar-refractivity contribution is -0.0592. The van der Waals surface area contributed by atoms with Crippen molar-refractivity contribution in [3.05, 3.63) is 47.8 Å². The molecule has 1 aromatic heterocycles. The van der Waals surface area contributed by atoms with Gasteiger partial charge in [-0.2, -0.15) is 0 Å². The number of nitrogens with zero attached hydrogens (tertiary/aromatic N) is 4. The van der Waals surface area contributed by atoms with Crippen LogP contribution in [0, 0.1) is 0 Å². The van der Waals surface area contributed by atoms with Gasteiger partial charge in [0.1, 0.15) is 19.0 Å². The Balaban J connectivity index is 1.23. The molecule has 3 aromatic rings. The zero-order chi connectivity index (χ0) is 23.9. The van der Waals surface area contributed by atoms with E-state index in [1.54, 1.807) is 12.1 Å². The van der Waals surface area contributed by atoms with Gasteiger partial charge in [-0.25, -0.2) is 9.78 Å². The van der Waals surface area contributed by atoms with E-state index in [4.69, 9.17) is 19.2 Å². The summed E-state index contributed by atoms with van der Waals surface area (Å²) in [6, 6.07) is 11.6. The van der Waals surface area contributed by atoms with Gasteiger partial charge in [0.15, 0.2) is 11.5 Å². The Morgan fingerprint density at radius 1 is 1.14 bits per heavy atom. The zero-order valence-electron chi connectivity index (χ0n) is 19.9. The van der Waals surface area contributed by atoms with Crippen molar-refractivity contribution < 1.29 is 24.1 Å². The molecule has 35 heavy (non-hydrogen) atoms. The molecule has 0 radical (unpaired) electrons. The minimum absolute atomic E-state index is 0.153. The highest BCUT2D eigenvalue weighted by Crippen LogP contribution is 2.40. The van der Waals surface area contributed by atoms with Gasteiger partial charge < -0.3 is 28.8 Å². The van der Waals surface area contributed by atoms with Crippen LogP contribution < -0.4 is 14.4 Å². The standard InChI is InChI=1S/C26H30N4O5/c1-17-14-29(21-3-2-4-23-25(21)35-12-11-34-23)9-8-28(17)16-24-27-20-6-5-18(26(31)32)13-22(20)30(24)15-19-7-10-33-19/h2-6,13,17,19H,7-12,14-16H2,1H3,(H,31,32). The molecule has 0 aliphatic carbocycles. The Kier molecular flexibility index (Phi) is 5.74. The summed E-state index contributed by atoms with van der Waals surface area (Å²) in [7, 11) is 0. The van der Waals surface area contributed by atoms with Crippen LogP contribution in [0.15, 0.2) is 36.4 Å². The molecule has 4 heterocycles. The number of benzene rings is 2. The highest BCUT2D eigenvalue weighted by molar-refractivity contribution is 5.92. The van der Waals surface area contributed by atoms with Crippen LogP contribution in [0.5, 0.6) is 11.5 Å². The number of aromatic carboxylic acids is 1. The van der Waals surface area contributed by atoms with Crippen LogP contribution in [0.2, 0.25) is 0 Å². The number of ether oxygens (including phenoxy) is 3. The molecule has 1 N–H and O–H groups in total. The molecular formula is C26H30N4O5. The molecule has 184 valence electrons. The second kappa shape index (κ2) is 9.05. The maximum absolute atomic E-state index is 11.6. The van der Waals surface area contributed by atoms with Gasteiger partial charge in [-0.15, -0.1) is 0 Å². The molecule has 9 heteroatoms. The van der Waals surface area contributed by atoms with E-state index in [0.717, 1.165) is 66.7 Å². The Morgan fingerprint density at radius 2 is 2.00 bits per heavy atom. The van der Waals surface area contributed by atoms with Crippen molar-refractivity contribution in [3.8, 4) is 11.5 Å². The largest absolute Gasteiger partial charge is 0.486 e. The van der Waals surface area contributed by atoms with Gasteiger partial charge in [-0.1, -0.05) is 6.07 Å². The van der Waals surface area contributed by atoms with E-state index in [-0.39, 0.29) is 11.7 Å². The molecular weight excluding hydrogens is 448 g/mol. The van der Waals surface area contributed by atoms with Crippen LogP contribution >= 0.6 is 0 Å². The third-order valence-corrected chi connectivity index (χ3v) is 7.25. The van der Waals surface area contributed by atoms with E-state index in [0.29, 0.717) is 32.3 Å². The number of carboxylic acids is 1. The van der Waals surface area contributed by atoms with Gasteiger partial charge in [-0.05, 0) is 43.7 Å². The first-order valence-electron chi connectivity index (χ1n) is 12.3. The lowest BCUT2D eigenvalue weighted by Gasteiger charge is -2.41. The number of carbonyl (C=O) groups is 1. The molecule has 0 spiro atoms. The fourth-order valence-corrected chi connectivity index (χ4v) is 5.20. The number of imidazole rings is 1. The number of aromatic nitrogens is 2. The van der Waals surface area contributed by atoms with Crippen molar-refractivity contribution in [3.63, 3.8) is 0 Å². The number of carboxylic acid groups (broad SMARTS) is 1. The average Bonchev–Trinajstić information content (AvgIpc) is 3.18. The summed E-state index contributed by atoms with van der Waals surface area (Å²) >= 11 is 0. The van der Waals surface area contributed by atoms with Gasteiger partial charge in [0.2, 0.25) is 0 Å². The van der Waals surface area contributed by atoms with E-state index in [9.17, 15) is 9.90 Å². The lowest BCUT2D eigenvalue weighted by atomic mass is 10.1. The minimum atomic E-state index is -0.927. The van der Waals surface area contributed by atoms with E-state index in [1.165, 1.54) is 0 Å². The normalized spacial score (nSPS) is 22.3. The summed E-state index contributed by atoms with van der Waals surface area (Å²) in [5.74, 6) is 1.68. The van der Waals surface area contributed by atoms with Gasteiger partial charge >= 0.3 is 5.97 Å². The Hall–Kier alpha value is -3.30. The van der Waals surface area contributed by atoms with Crippen molar-refractivity contribution in [1.29, 1.82) is 0 Å². The number of rotatable bonds is 6. The second-order valence-corrected chi connectivity index (χ2v) is 9.50. The third kappa shape index (κ3) is 4.19. The maximum atomic E-state index is 11.6. The van der Waals surface area contributed by atoms with Crippen LogP contribution in [0.1, 0.15) is 29.5 Å². The Morgan fingerprint density at radius 3 is 2.77 bits per heavy atom. The van der Waals surface area contributed by atoms with Gasteiger partial charge in [0.05, 0.1) is 41.5 Å². The first kappa shape index (κ1) is 22.2. The van der Waals surface area contributed by atoms with Crippen LogP contribution in [-0.2, 0) is 17.8 Å². The van der Waals surface area contributed by atoms with Gasteiger partial charge in [0.25, 0.3) is 0 Å². The van der Waals surface area contributed by atoms with Crippen LogP contribution in [0.3, 0.4) is 0 Å². The molecule has 2 fully saturated rings. The van der Waals surface area contributed by atoms with Crippen molar-refractivity contribution in [2.45, 2.75) is 38.6 Å². The first-order chi connectivity index (χ1) is 17.1. The summed E-state index contributed by atoms with van der Waals surface area (Å²) in [6.07, 6.45) is 1.17. The zero-order valence-corrected chi connectivity index (χ0v) is 19.9. The topological polar surface area (TPSA) is 89.3 Å². The van der Waals surface area contributed by atoms with Crippen LogP contribution in [-0.4, -0.2) is 77.1 Å². The Labute approximate surface area is 203 Å². The monoisotopic (exact) mass is 478 g/mol. The second-order valence-electron chi connectivity index (χ2n) is 9.50. The van der Waals surface area contributed by atoms with Gasteiger partial charge in [-0.3, -0.25) is 4.90 Å². The smallest absolute Gasteiger partial charge is 0.335 e. The van der Waals surface area contributed by atoms with E-state index >= 15 is 0 Å². The van der Waals surface area contributed by atoms with E-state index in [1.807, 2.05) is 18.2 Å². The third-order valence-electron chi connectivity index (χ3n) is 7.25. The van der Waals surface area contributed by atoms with E-state index in [2.05, 4.69) is 27.4 Å². The van der Waals surface area contributed by atoms with Crippen LogP contribution in [0.4, 0.5) is 5.69 Å². The fourth-order valence-electron chi connectivity index (χ4n) is 5.20. The summed E-state index contributed by atoms with van der Waals surface area (Å²) < 4.78 is 19.6. The SMILES string of the molecule is CC1CN(c2cccc3c2OCCO3)CCN1Cc1nc2ccc(C(=O)O)cc2n1CC1CCO1. The predicted molar refractivity (Wildman–Crippen MR) is 131 cm³/mol. The van der Waals surface area contributed by atoms with Crippen molar-refractivity contribution in [1.82, 2.24) is 14.5 Å². The van der Waals surface area contributed by atoms with E-state index < -0.39 is 5.97 Å². The lowest BCUT2D eigenvalue weighted by Crippen LogP contribution is -2.52. The maximum Gasteiger partial charge on any atom is 0.335 e. The number of hydrogen-bond donors (Lipinski definition) is 1. The number of fused-ring (bicyclic) bond motifs is 2. The highest BCUT2D eigenvalue weighted by atomic mass is 16.6. The first-order valence-corrected chi connectivity index (χ1v) is 12.3. The molecule has 6 rings (SSSR count). The molecule has 0 amide bonds. The summed E-state index contributed by atoms with van der Waals surface area (Å²) in [4.78, 5) is 21.3. The number of anilines is 1. The van der Waals surface area contributed by atoms with Gasteiger partial charge in [0, 0.05) is 32.3 Å². The summed E-state index contributed by atoms with van der Waals surface area (Å²) in [5.41, 5.74) is 3.04. The van der Waals surface area contributed by atoms with Crippen LogP contribution in [0.25, 0.3) is 11.0 Å². The highest BCUT2D eigenvalue weighted by Gasteiger charge is 2.29. The molecule has 2 aromatic carbocycles. The number of para-hydroxylation sites is 1.